The molecule has 2 aromatic heterocycles. The first kappa shape index (κ1) is 10.7. The average molecular weight is 235 g/mol. The highest BCUT2D eigenvalue weighted by atomic mass is 32.1. The fourth-order valence-corrected chi connectivity index (χ4v) is 2.25. The van der Waals surface area contributed by atoms with Crippen molar-refractivity contribution in [3.05, 3.63) is 29.2 Å². The largest absolute Gasteiger partial charge is 0.477 e. The van der Waals surface area contributed by atoms with Crippen molar-refractivity contribution in [3.63, 3.8) is 0 Å². The van der Waals surface area contributed by atoms with E-state index < -0.39 is 5.97 Å². The zero-order chi connectivity index (χ0) is 11.5. The highest BCUT2D eigenvalue weighted by Crippen LogP contribution is 2.26. The molecule has 2 aromatic rings. The highest BCUT2D eigenvalue weighted by molar-refractivity contribution is 7.17. The Balaban J connectivity index is 2.48. The molecule has 0 saturated carbocycles. The van der Waals surface area contributed by atoms with E-state index in [0.717, 1.165) is 11.3 Å². The minimum atomic E-state index is -0.936. The smallest absolute Gasteiger partial charge is 0.347 e. The van der Waals surface area contributed by atoms with E-state index in [1.165, 1.54) is 6.33 Å². The van der Waals surface area contributed by atoms with Crippen molar-refractivity contribution in [3.8, 4) is 10.7 Å². The van der Waals surface area contributed by atoms with Gasteiger partial charge in [0.1, 0.15) is 21.9 Å². The third kappa shape index (κ3) is 1.92. The summed E-state index contributed by atoms with van der Waals surface area (Å²) in [5, 5.41) is 9.62. The summed E-state index contributed by atoms with van der Waals surface area (Å²) < 4.78 is 0. The summed E-state index contributed by atoms with van der Waals surface area (Å²) in [7, 11) is 0. The molecule has 0 aliphatic rings. The Hall–Kier alpha value is -1.82. The predicted octanol–water partition coefficient (Wildman–Crippen LogP) is 1.86. The van der Waals surface area contributed by atoms with Gasteiger partial charge in [-0.25, -0.2) is 19.7 Å². The number of aromatic carboxylic acids is 1. The van der Waals surface area contributed by atoms with E-state index in [1.807, 2.05) is 6.92 Å². The van der Waals surface area contributed by atoms with E-state index in [1.54, 1.807) is 12.3 Å². The molecule has 82 valence electrons. The Bertz CT molecular complexity index is 510. The number of thiazole rings is 1. The van der Waals surface area contributed by atoms with Gasteiger partial charge in [0, 0.05) is 6.20 Å². The molecule has 0 fully saturated rings. The minimum absolute atomic E-state index is 0.288. The Morgan fingerprint density at radius 2 is 2.38 bits per heavy atom. The molecule has 1 N–H and O–H groups in total. The average Bonchev–Trinajstić information content (AvgIpc) is 2.74. The van der Waals surface area contributed by atoms with Crippen LogP contribution in [0.4, 0.5) is 0 Å². The number of carboxylic acids is 1. The molecule has 2 heterocycles. The van der Waals surface area contributed by atoms with Crippen LogP contribution in [0.15, 0.2) is 18.6 Å². The van der Waals surface area contributed by atoms with Crippen molar-refractivity contribution < 1.29 is 9.90 Å². The third-order valence-electron chi connectivity index (χ3n) is 2.03. The second kappa shape index (κ2) is 4.36. The van der Waals surface area contributed by atoms with Crippen molar-refractivity contribution in [1.29, 1.82) is 0 Å². The molecule has 6 heteroatoms. The maximum absolute atomic E-state index is 11.0. The van der Waals surface area contributed by atoms with Crippen molar-refractivity contribution in [1.82, 2.24) is 15.0 Å². The molecule has 0 aliphatic heterocycles. The maximum atomic E-state index is 11.0. The molecule has 2 rings (SSSR count). The number of carboxylic acid groups (broad SMARTS) is 1. The molecule has 0 spiro atoms. The van der Waals surface area contributed by atoms with Gasteiger partial charge in [0.05, 0.1) is 5.69 Å². The molecular formula is C10H9N3O2S. The van der Waals surface area contributed by atoms with Crippen LogP contribution in [0.2, 0.25) is 0 Å². The number of aryl methyl sites for hydroxylation is 1. The lowest BCUT2D eigenvalue weighted by atomic mass is 10.3. The standard InChI is InChI=1S/C10H9N3O2S/c1-2-6-8(10(14)15)16-9(13-6)7-3-4-11-5-12-7/h3-5H,2H2,1H3,(H,14,15). The van der Waals surface area contributed by atoms with Gasteiger partial charge in [0.25, 0.3) is 0 Å². The number of nitrogens with zero attached hydrogens (tertiary/aromatic N) is 3. The van der Waals surface area contributed by atoms with Crippen molar-refractivity contribution in [2.75, 3.05) is 0 Å². The van der Waals surface area contributed by atoms with Crippen LogP contribution >= 0.6 is 11.3 Å². The number of hydrogen-bond donors (Lipinski definition) is 1. The molecule has 0 atom stereocenters. The normalized spacial score (nSPS) is 10.3. The molecule has 0 amide bonds. The molecular weight excluding hydrogens is 226 g/mol. The maximum Gasteiger partial charge on any atom is 0.347 e. The Morgan fingerprint density at radius 1 is 1.56 bits per heavy atom. The van der Waals surface area contributed by atoms with Crippen LogP contribution in [0.25, 0.3) is 10.7 Å². The van der Waals surface area contributed by atoms with Gasteiger partial charge in [-0.15, -0.1) is 11.3 Å². The molecule has 0 aromatic carbocycles. The van der Waals surface area contributed by atoms with Gasteiger partial charge in [-0.3, -0.25) is 0 Å². The third-order valence-corrected chi connectivity index (χ3v) is 3.14. The summed E-state index contributed by atoms with van der Waals surface area (Å²) in [6.45, 7) is 1.88. The zero-order valence-electron chi connectivity index (χ0n) is 8.54. The SMILES string of the molecule is CCc1nc(-c2ccncn2)sc1C(=O)O. The van der Waals surface area contributed by atoms with E-state index in [4.69, 9.17) is 5.11 Å². The van der Waals surface area contributed by atoms with Crippen molar-refractivity contribution in [2.24, 2.45) is 0 Å². The summed E-state index contributed by atoms with van der Waals surface area (Å²) in [5.74, 6) is -0.936. The Kier molecular flexibility index (Phi) is 2.91. The van der Waals surface area contributed by atoms with Crippen LogP contribution < -0.4 is 0 Å². The summed E-state index contributed by atoms with van der Waals surface area (Å²) in [6, 6.07) is 1.71. The van der Waals surface area contributed by atoms with E-state index in [9.17, 15) is 4.79 Å². The Morgan fingerprint density at radius 3 is 2.88 bits per heavy atom. The van der Waals surface area contributed by atoms with E-state index >= 15 is 0 Å². The number of carbonyl (C=O) groups is 1. The first-order valence-corrected chi connectivity index (χ1v) is 5.53. The zero-order valence-corrected chi connectivity index (χ0v) is 9.36. The number of aromatic nitrogens is 3. The van der Waals surface area contributed by atoms with Crippen molar-refractivity contribution >= 4 is 17.3 Å². The monoisotopic (exact) mass is 235 g/mol. The highest BCUT2D eigenvalue weighted by Gasteiger charge is 2.17. The lowest BCUT2D eigenvalue weighted by Crippen LogP contribution is -1.97. The van der Waals surface area contributed by atoms with Gasteiger partial charge in [-0.2, -0.15) is 0 Å². The van der Waals surface area contributed by atoms with E-state index in [-0.39, 0.29) is 4.88 Å². The molecule has 0 saturated heterocycles. The summed E-state index contributed by atoms with van der Waals surface area (Å²) >= 11 is 1.14. The van der Waals surface area contributed by atoms with Gasteiger partial charge >= 0.3 is 5.97 Å². The molecule has 0 aliphatic carbocycles. The molecule has 0 unspecified atom stereocenters. The number of hydrogen-bond acceptors (Lipinski definition) is 5. The second-order valence-electron chi connectivity index (χ2n) is 3.05. The summed E-state index contributed by atoms with van der Waals surface area (Å²) in [4.78, 5) is 23.4. The van der Waals surface area contributed by atoms with Gasteiger partial charge in [0.2, 0.25) is 0 Å². The first-order valence-electron chi connectivity index (χ1n) is 4.71. The Labute approximate surface area is 95.8 Å². The first-order chi connectivity index (χ1) is 7.72. The molecule has 5 nitrogen and oxygen atoms in total. The van der Waals surface area contributed by atoms with Gasteiger partial charge in [-0.05, 0) is 12.5 Å². The van der Waals surface area contributed by atoms with Crippen LogP contribution in [0.3, 0.4) is 0 Å². The molecule has 0 bridgehead atoms. The summed E-state index contributed by atoms with van der Waals surface area (Å²) in [5.41, 5.74) is 1.26. The fraction of sp³-hybridized carbons (Fsp3) is 0.200. The van der Waals surface area contributed by atoms with Crippen LogP contribution in [-0.4, -0.2) is 26.0 Å². The van der Waals surface area contributed by atoms with Gasteiger partial charge < -0.3 is 5.11 Å². The summed E-state index contributed by atoms with van der Waals surface area (Å²) in [6.07, 6.45) is 3.63. The van der Waals surface area contributed by atoms with Crippen LogP contribution in [0.1, 0.15) is 22.3 Å². The lowest BCUT2D eigenvalue weighted by molar-refractivity contribution is 0.0701. The van der Waals surface area contributed by atoms with Crippen molar-refractivity contribution in [2.45, 2.75) is 13.3 Å². The van der Waals surface area contributed by atoms with Gasteiger partial charge in [-0.1, -0.05) is 6.92 Å². The van der Waals surface area contributed by atoms with Gasteiger partial charge in [0.15, 0.2) is 0 Å². The number of rotatable bonds is 3. The van der Waals surface area contributed by atoms with Crippen LogP contribution in [0, 0.1) is 0 Å². The topological polar surface area (TPSA) is 76.0 Å². The van der Waals surface area contributed by atoms with E-state index in [2.05, 4.69) is 15.0 Å². The molecule has 16 heavy (non-hydrogen) atoms. The van der Waals surface area contributed by atoms with Crippen LogP contribution in [0.5, 0.6) is 0 Å². The van der Waals surface area contributed by atoms with E-state index in [0.29, 0.717) is 22.8 Å². The predicted molar refractivity (Wildman–Crippen MR) is 59.5 cm³/mol. The second-order valence-corrected chi connectivity index (χ2v) is 4.05. The lowest BCUT2D eigenvalue weighted by Gasteiger charge is -1.91. The minimum Gasteiger partial charge on any atom is -0.477 e. The van der Waals surface area contributed by atoms with Crippen LogP contribution in [-0.2, 0) is 6.42 Å². The quantitative estimate of drug-likeness (QED) is 0.878. The fourth-order valence-electron chi connectivity index (χ4n) is 1.29. The molecule has 0 radical (unpaired) electrons.